The van der Waals surface area contributed by atoms with Gasteiger partial charge in [0.2, 0.25) is 15.9 Å². The molecule has 1 aliphatic heterocycles. The molecule has 178 valence electrons. The van der Waals surface area contributed by atoms with Crippen molar-refractivity contribution in [2.75, 3.05) is 5.32 Å². The zero-order valence-electron chi connectivity index (χ0n) is 17.3. The van der Waals surface area contributed by atoms with Crippen LogP contribution >= 0.6 is 23.2 Å². The van der Waals surface area contributed by atoms with Crippen LogP contribution in [0.2, 0.25) is 10.0 Å². The largest absolute Gasteiger partial charge is 0.418 e. The Morgan fingerprint density at radius 3 is 2.21 bits per heavy atom. The standard InChI is InChI=1S/C23H17Cl2F3N2O3S/c24-16-5-8-18(9-6-16)34(32,33)30-13-15-4-2-1-3-14(15)11-21(30)22(31)29-20-10-7-17(25)12-19(20)23(26,27)28/h1-10,12,21H,11,13H2,(H,29,31)/t21-/m1/s1. The summed E-state index contributed by atoms with van der Waals surface area (Å²) in [5.41, 5.74) is -0.204. The maximum atomic E-state index is 13.5. The lowest BCUT2D eigenvalue weighted by Gasteiger charge is -2.35. The average Bonchev–Trinajstić information content (AvgIpc) is 2.79. The van der Waals surface area contributed by atoms with Gasteiger partial charge in [-0.1, -0.05) is 47.5 Å². The molecule has 0 radical (unpaired) electrons. The Balaban J connectivity index is 1.74. The number of hydrogen-bond acceptors (Lipinski definition) is 3. The van der Waals surface area contributed by atoms with Gasteiger partial charge in [-0.2, -0.15) is 17.5 Å². The first-order valence-corrected chi connectivity index (χ1v) is 12.2. The van der Waals surface area contributed by atoms with E-state index < -0.39 is 39.4 Å². The molecule has 0 saturated carbocycles. The molecule has 4 rings (SSSR count). The van der Waals surface area contributed by atoms with E-state index in [1.165, 1.54) is 30.3 Å². The van der Waals surface area contributed by atoms with Crippen molar-refractivity contribution in [3.63, 3.8) is 0 Å². The molecule has 1 amide bonds. The van der Waals surface area contributed by atoms with Crippen molar-refractivity contribution in [1.82, 2.24) is 4.31 Å². The van der Waals surface area contributed by atoms with Crippen LogP contribution in [0.3, 0.4) is 0 Å². The van der Waals surface area contributed by atoms with E-state index in [9.17, 15) is 26.4 Å². The topological polar surface area (TPSA) is 66.5 Å². The summed E-state index contributed by atoms with van der Waals surface area (Å²) < 4.78 is 68.4. The molecule has 0 aromatic heterocycles. The van der Waals surface area contributed by atoms with Gasteiger partial charge in [-0.15, -0.1) is 0 Å². The number of fused-ring (bicyclic) bond motifs is 1. The van der Waals surface area contributed by atoms with Crippen molar-refractivity contribution < 1.29 is 26.4 Å². The Labute approximate surface area is 204 Å². The minimum Gasteiger partial charge on any atom is -0.324 e. The molecule has 3 aromatic rings. The first kappa shape index (κ1) is 24.5. The van der Waals surface area contributed by atoms with Crippen molar-refractivity contribution in [2.24, 2.45) is 0 Å². The van der Waals surface area contributed by atoms with Gasteiger partial charge in [-0.25, -0.2) is 8.42 Å². The van der Waals surface area contributed by atoms with Crippen LogP contribution in [0.5, 0.6) is 0 Å². The summed E-state index contributed by atoms with van der Waals surface area (Å²) in [7, 11) is -4.18. The molecule has 0 spiro atoms. The van der Waals surface area contributed by atoms with Gasteiger partial charge in [0.25, 0.3) is 0 Å². The maximum absolute atomic E-state index is 13.5. The summed E-state index contributed by atoms with van der Waals surface area (Å²) in [6, 6.07) is 14.1. The molecule has 5 nitrogen and oxygen atoms in total. The number of amides is 1. The van der Waals surface area contributed by atoms with Gasteiger partial charge < -0.3 is 5.32 Å². The molecule has 1 N–H and O–H groups in total. The van der Waals surface area contributed by atoms with E-state index in [1.807, 2.05) is 0 Å². The SMILES string of the molecule is O=C(Nc1ccc(Cl)cc1C(F)(F)F)[C@H]1Cc2ccccc2CN1S(=O)(=O)c1ccc(Cl)cc1. The quantitative estimate of drug-likeness (QED) is 0.467. The number of halogens is 5. The molecule has 3 aromatic carbocycles. The molecule has 0 unspecified atom stereocenters. The molecule has 0 bridgehead atoms. The molecular weight excluding hydrogens is 512 g/mol. The van der Waals surface area contributed by atoms with Crippen LogP contribution in [-0.4, -0.2) is 24.7 Å². The highest BCUT2D eigenvalue weighted by molar-refractivity contribution is 7.89. The Bertz CT molecular complexity index is 1350. The first-order chi connectivity index (χ1) is 16.0. The zero-order chi connectivity index (χ0) is 24.7. The molecule has 0 fully saturated rings. The molecule has 0 aliphatic carbocycles. The molecule has 1 aliphatic rings. The third-order valence-corrected chi connectivity index (χ3v) is 7.83. The van der Waals surface area contributed by atoms with Gasteiger partial charge in [0.05, 0.1) is 16.1 Å². The summed E-state index contributed by atoms with van der Waals surface area (Å²) in [5, 5.41) is 2.45. The summed E-state index contributed by atoms with van der Waals surface area (Å²) in [6.07, 6.45) is -4.79. The number of carbonyl (C=O) groups is 1. The number of nitrogens with one attached hydrogen (secondary N) is 1. The minimum atomic E-state index is -4.78. The number of hydrogen-bond donors (Lipinski definition) is 1. The lowest BCUT2D eigenvalue weighted by atomic mass is 9.95. The summed E-state index contributed by atoms with van der Waals surface area (Å²) in [6.45, 7) is -0.119. The van der Waals surface area contributed by atoms with Crippen molar-refractivity contribution in [1.29, 1.82) is 0 Å². The fraction of sp³-hybridized carbons (Fsp3) is 0.174. The molecule has 1 atom stereocenters. The zero-order valence-corrected chi connectivity index (χ0v) is 19.6. The number of benzene rings is 3. The van der Waals surface area contributed by atoms with Crippen LogP contribution in [0.25, 0.3) is 0 Å². The molecule has 0 saturated heterocycles. The van der Waals surface area contributed by atoms with Crippen LogP contribution in [0, 0.1) is 0 Å². The Morgan fingerprint density at radius 2 is 1.56 bits per heavy atom. The average molecular weight is 529 g/mol. The van der Waals surface area contributed by atoms with Gasteiger partial charge in [0, 0.05) is 16.6 Å². The fourth-order valence-electron chi connectivity index (χ4n) is 3.79. The highest BCUT2D eigenvalue weighted by Crippen LogP contribution is 2.37. The first-order valence-electron chi connectivity index (χ1n) is 9.98. The third-order valence-electron chi connectivity index (χ3n) is 5.47. The van der Waals surface area contributed by atoms with Crippen LogP contribution in [0.1, 0.15) is 16.7 Å². The van der Waals surface area contributed by atoms with Gasteiger partial charge in [0.15, 0.2) is 0 Å². The van der Waals surface area contributed by atoms with E-state index in [2.05, 4.69) is 5.32 Å². The molecule has 34 heavy (non-hydrogen) atoms. The Hall–Kier alpha value is -2.59. The predicted molar refractivity (Wildman–Crippen MR) is 123 cm³/mol. The highest BCUT2D eigenvalue weighted by atomic mass is 35.5. The second kappa shape index (κ2) is 9.22. The molecular formula is C23H17Cl2F3N2O3S. The van der Waals surface area contributed by atoms with Gasteiger partial charge in [-0.3, -0.25) is 4.79 Å². The van der Waals surface area contributed by atoms with Crippen LogP contribution in [0.4, 0.5) is 18.9 Å². The third kappa shape index (κ3) is 4.93. The number of anilines is 1. The van der Waals surface area contributed by atoms with E-state index >= 15 is 0 Å². The fourth-order valence-corrected chi connectivity index (χ4v) is 5.66. The van der Waals surface area contributed by atoms with Crippen molar-refractivity contribution in [2.45, 2.75) is 30.1 Å². The lowest BCUT2D eigenvalue weighted by molar-refractivity contribution is -0.137. The lowest BCUT2D eigenvalue weighted by Crippen LogP contribution is -2.50. The van der Waals surface area contributed by atoms with Crippen molar-refractivity contribution >= 4 is 44.8 Å². The van der Waals surface area contributed by atoms with E-state index in [-0.39, 0.29) is 22.9 Å². The van der Waals surface area contributed by atoms with Gasteiger partial charge in [-0.05, 0) is 60.0 Å². The number of carbonyl (C=O) groups excluding carboxylic acids is 1. The summed E-state index contributed by atoms with van der Waals surface area (Å²) in [5.74, 6) is -0.889. The van der Waals surface area contributed by atoms with Crippen molar-refractivity contribution in [3.05, 3.63) is 93.5 Å². The van der Waals surface area contributed by atoms with E-state index in [1.54, 1.807) is 24.3 Å². The van der Waals surface area contributed by atoms with Crippen LogP contribution in [-0.2, 0) is 34.0 Å². The van der Waals surface area contributed by atoms with Gasteiger partial charge >= 0.3 is 6.18 Å². The second-order valence-electron chi connectivity index (χ2n) is 7.67. The number of nitrogens with zero attached hydrogens (tertiary/aromatic N) is 1. The van der Waals surface area contributed by atoms with E-state index in [0.29, 0.717) is 16.7 Å². The molecule has 11 heteroatoms. The predicted octanol–water partition coefficient (Wildman–Crippen LogP) is 5.77. The second-order valence-corrected chi connectivity index (χ2v) is 10.4. The smallest absolute Gasteiger partial charge is 0.324 e. The Kier molecular flexibility index (Phi) is 6.65. The number of rotatable bonds is 4. The minimum absolute atomic E-state index is 0.0102. The van der Waals surface area contributed by atoms with Crippen LogP contribution in [0.15, 0.2) is 71.6 Å². The summed E-state index contributed by atoms with van der Waals surface area (Å²) >= 11 is 11.6. The Morgan fingerprint density at radius 1 is 0.941 bits per heavy atom. The van der Waals surface area contributed by atoms with E-state index in [0.717, 1.165) is 15.9 Å². The van der Waals surface area contributed by atoms with Crippen molar-refractivity contribution in [3.8, 4) is 0 Å². The maximum Gasteiger partial charge on any atom is 0.418 e. The monoisotopic (exact) mass is 528 g/mol. The molecule has 1 heterocycles. The van der Waals surface area contributed by atoms with E-state index in [4.69, 9.17) is 23.2 Å². The highest BCUT2D eigenvalue weighted by Gasteiger charge is 2.41. The van der Waals surface area contributed by atoms with Crippen LogP contribution < -0.4 is 5.32 Å². The summed E-state index contributed by atoms with van der Waals surface area (Å²) in [4.78, 5) is 13.2. The normalized spacial score (nSPS) is 16.7. The number of sulfonamides is 1. The van der Waals surface area contributed by atoms with Gasteiger partial charge in [0.1, 0.15) is 6.04 Å². The number of alkyl halides is 3.